The highest BCUT2D eigenvalue weighted by Gasteiger charge is 2.27. The Labute approximate surface area is 128 Å². The van der Waals surface area contributed by atoms with E-state index < -0.39 is 10.1 Å². The lowest BCUT2D eigenvalue weighted by Gasteiger charge is -2.16. The minimum Gasteiger partial charge on any atom is -0.304 e. The molecule has 0 bridgehead atoms. The predicted molar refractivity (Wildman–Crippen MR) is 83.5 cm³/mol. The first-order valence-electron chi connectivity index (χ1n) is 6.88. The number of anilines is 1. The Morgan fingerprint density at radius 2 is 1.73 bits per heavy atom. The van der Waals surface area contributed by atoms with Crippen LogP contribution in [0.15, 0.2) is 48.5 Å². The topological polar surface area (TPSA) is 74.7 Å². The standard InChI is InChI=1S/C16H15NO4S/c18-16-15-4-2-1-3-13(15)11-17(16)14-7-5-12(6-8-14)9-10-22(19,20)21/h1-8H,9-11H2,(H,19,20,21). The maximum atomic E-state index is 12.4. The Hall–Kier alpha value is -2.18. The van der Waals surface area contributed by atoms with Crippen molar-refractivity contribution in [2.24, 2.45) is 0 Å². The van der Waals surface area contributed by atoms with Gasteiger partial charge in [-0.25, -0.2) is 0 Å². The van der Waals surface area contributed by atoms with Crippen molar-refractivity contribution < 1.29 is 17.8 Å². The second kappa shape index (κ2) is 5.55. The smallest absolute Gasteiger partial charge is 0.265 e. The number of benzene rings is 2. The van der Waals surface area contributed by atoms with Crippen LogP contribution in [0.3, 0.4) is 0 Å². The monoisotopic (exact) mass is 317 g/mol. The molecule has 0 spiro atoms. The van der Waals surface area contributed by atoms with Crippen LogP contribution in [0, 0.1) is 0 Å². The summed E-state index contributed by atoms with van der Waals surface area (Å²) >= 11 is 0. The summed E-state index contributed by atoms with van der Waals surface area (Å²) in [5.41, 5.74) is 3.29. The summed E-state index contributed by atoms with van der Waals surface area (Å²) in [4.78, 5) is 14.0. The van der Waals surface area contributed by atoms with Crippen molar-refractivity contribution in [1.82, 2.24) is 0 Å². The SMILES string of the molecule is O=C1c2ccccc2CN1c1ccc(CCS(=O)(=O)O)cc1. The maximum Gasteiger partial charge on any atom is 0.265 e. The Kier molecular flexibility index (Phi) is 3.72. The predicted octanol–water partition coefficient (Wildman–Crippen LogP) is 2.28. The van der Waals surface area contributed by atoms with Crippen LogP contribution in [-0.2, 0) is 23.1 Å². The zero-order valence-electron chi connectivity index (χ0n) is 11.8. The van der Waals surface area contributed by atoms with Crippen LogP contribution in [0.25, 0.3) is 0 Å². The molecule has 22 heavy (non-hydrogen) atoms. The van der Waals surface area contributed by atoms with E-state index in [-0.39, 0.29) is 18.1 Å². The molecule has 114 valence electrons. The quantitative estimate of drug-likeness (QED) is 0.878. The lowest BCUT2D eigenvalue weighted by molar-refractivity contribution is 0.0996. The largest absolute Gasteiger partial charge is 0.304 e. The number of hydrogen-bond acceptors (Lipinski definition) is 3. The van der Waals surface area contributed by atoms with Gasteiger partial charge in [0.1, 0.15) is 0 Å². The third-order valence-corrected chi connectivity index (χ3v) is 4.44. The Bertz CT molecular complexity index is 812. The number of hydrogen-bond donors (Lipinski definition) is 1. The van der Waals surface area contributed by atoms with E-state index in [0.717, 1.165) is 22.4 Å². The summed E-state index contributed by atoms with van der Waals surface area (Å²) < 4.78 is 30.3. The van der Waals surface area contributed by atoms with Crippen LogP contribution in [-0.4, -0.2) is 24.6 Å². The van der Waals surface area contributed by atoms with Gasteiger partial charge in [0.05, 0.1) is 12.3 Å². The van der Waals surface area contributed by atoms with E-state index in [9.17, 15) is 13.2 Å². The molecule has 0 aromatic heterocycles. The molecular weight excluding hydrogens is 302 g/mol. The van der Waals surface area contributed by atoms with Gasteiger partial charge in [-0.3, -0.25) is 9.35 Å². The number of nitrogens with zero attached hydrogens (tertiary/aromatic N) is 1. The fourth-order valence-corrected chi connectivity index (χ4v) is 3.05. The fraction of sp³-hybridized carbons (Fsp3) is 0.188. The first-order valence-corrected chi connectivity index (χ1v) is 8.49. The van der Waals surface area contributed by atoms with Gasteiger partial charge in [-0.15, -0.1) is 0 Å². The normalized spacial score (nSPS) is 14.2. The summed E-state index contributed by atoms with van der Waals surface area (Å²) in [6.45, 7) is 0.541. The number of carbonyl (C=O) groups is 1. The second-order valence-corrected chi connectivity index (χ2v) is 6.82. The summed E-state index contributed by atoms with van der Waals surface area (Å²) in [6, 6.07) is 14.7. The van der Waals surface area contributed by atoms with Crippen molar-refractivity contribution >= 4 is 21.7 Å². The Balaban J connectivity index is 1.76. The molecule has 1 amide bonds. The van der Waals surface area contributed by atoms with Gasteiger partial charge in [-0.2, -0.15) is 8.42 Å². The lowest BCUT2D eigenvalue weighted by atomic mass is 10.1. The van der Waals surface area contributed by atoms with E-state index >= 15 is 0 Å². The van der Waals surface area contributed by atoms with E-state index in [4.69, 9.17) is 4.55 Å². The van der Waals surface area contributed by atoms with Crippen molar-refractivity contribution in [1.29, 1.82) is 0 Å². The van der Waals surface area contributed by atoms with Crippen LogP contribution in [0.2, 0.25) is 0 Å². The molecule has 6 heteroatoms. The van der Waals surface area contributed by atoms with Crippen molar-refractivity contribution in [3.8, 4) is 0 Å². The van der Waals surface area contributed by atoms with Gasteiger partial charge in [-0.1, -0.05) is 30.3 Å². The van der Waals surface area contributed by atoms with Gasteiger partial charge in [0.15, 0.2) is 0 Å². The summed E-state index contributed by atoms with van der Waals surface area (Å²) in [5.74, 6) is -0.332. The molecule has 5 nitrogen and oxygen atoms in total. The first-order chi connectivity index (χ1) is 10.4. The number of aryl methyl sites for hydroxylation is 1. The average molecular weight is 317 g/mol. The zero-order chi connectivity index (χ0) is 15.7. The third-order valence-electron chi connectivity index (χ3n) is 3.72. The molecule has 2 aromatic carbocycles. The van der Waals surface area contributed by atoms with Crippen molar-refractivity contribution in [3.05, 3.63) is 65.2 Å². The summed E-state index contributed by atoms with van der Waals surface area (Å²) in [7, 11) is -3.96. The minimum atomic E-state index is -3.96. The molecule has 0 saturated heterocycles. The average Bonchev–Trinajstić information content (AvgIpc) is 2.83. The van der Waals surface area contributed by atoms with Crippen LogP contribution in [0.4, 0.5) is 5.69 Å². The van der Waals surface area contributed by atoms with Gasteiger partial charge in [0.25, 0.3) is 16.0 Å². The van der Waals surface area contributed by atoms with Crippen molar-refractivity contribution in [2.45, 2.75) is 13.0 Å². The molecular formula is C16H15NO4S. The van der Waals surface area contributed by atoms with E-state index in [1.165, 1.54) is 0 Å². The highest BCUT2D eigenvalue weighted by Crippen LogP contribution is 2.28. The van der Waals surface area contributed by atoms with Gasteiger partial charge in [0, 0.05) is 11.3 Å². The zero-order valence-corrected chi connectivity index (χ0v) is 12.6. The molecule has 1 heterocycles. The molecule has 0 saturated carbocycles. The van der Waals surface area contributed by atoms with Crippen LogP contribution < -0.4 is 4.90 Å². The van der Waals surface area contributed by atoms with Crippen molar-refractivity contribution in [3.63, 3.8) is 0 Å². The number of carbonyl (C=O) groups excluding carboxylic acids is 1. The second-order valence-electron chi connectivity index (χ2n) is 5.25. The van der Waals surface area contributed by atoms with Crippen molar-refractivity contribution in [2.75, 3.05) is 10.7 Å². The summed E-state index contributed by atoms with van der Waals surface area (Å²) in [5, 5.41) is 0. The van der Waals surface area contributed by atoms with E-state index in [2.05, 4.69) is 0 Å². The van der Waals surface area contributed by atoms with Gasteiger partial charge < -0.3 is 4.90 Å². The molecule has 0 unspecified atom stereocenters. The van der Waals surface area contributed by atoms with Gasteiger partial charge >= 0.3 is 0 Å². The highest BCUT2D eigenvalue weighted by molar-refractivity contribution is 7.85. The van der Waals surface area contributed by atoms with Gasteiger partial charge in [-0.05, 0) is 35.7 Å². The highest BCUT2D eigenvalue weighted by atomic mass is 32.2. The van der Waals surface area contributed by atoms with E-state index in [1.54, 1.807) is 29.2 Å². The van der Waals surface area contributed by atoms with E-state index in [1.807, 2.05) is 24.3 Å². The number of rotatable bonds is 4. The maximum absolute atomic E-state index is 12.4. The molecule has 0 fully saturated rings. The Morgan fingerprint density at radius 3 is 2.36 bits per heavy atom. The molecule has 1 N–H and O–H groups in total. The minimum absolute atomic E-state index is 0.0266. The Morgan fingerprint density at radius 1 is 1.05 bits per heavy atom. The van der Waals surface area contributed by atoms with Gasteiger partial charge in [0.2, 0.25) is 0 Å². The van der Waals surface area contributed by atoms with Crippen LogP contribution in [0.1, 0.15) is 21.5 Å². The molecule has 0 aliphatic carbocycles. The molecule has 2 aromatic rings. The number of amides is 1. The summed E-state index contributed by atoms with van der Waals surface area (Å²) in [6.07, 6.45) is 0.243. The molecule has 1 aliphatic rings. The number of fused-ring (bicyclic) bond motifs is 1. The van der Waals surface area contributed by atoms with Crippen LogP contribution >= 0.6 is 0 Å². The first kappa shape index (κ1) is 14.7. The molecule has 1 aliphatic heterocycles. The van der Waals surface area contributed by atoms with E-state index in [0.29, 0.717) is 6.54 Å². The van der Waals surface area contributed by atoms with Crippen LogP contribution in [0.5, 0.6) is 0 Å². The fourth-order valence-electron chi connectivity index (χ4n) is 2.55. The molecule has 0 atom stereocenters. The third kappa shape index (κ3) is 3.03. The lowest BCUT2D eigenvalue weighted by Crippen LogP contribution is -2.22. The molecule has 3 rings (SSSR count). The molecule has 0 radical (unpaired) electrons.